The van der Waals surface area contributed by atoms with Crippen molar-refractivity contribution >= 4 is 0 Å². The SMILES string of the molecule is O[C@@H]1CN(Cc2ccc(-c3cccnc3)cc2)C[C@H]1Cc1ccccn1. The van der Waals surface area contributed by atoms with E-state index in [1.54, 1.807) is 6.20 Å². The Bertz CT molecular complexity index is 821. The molecule has 2 atom stereocenters. The van der Waals surface area contributed by atoms with Crippen LogP contribution in [0.5, 0.6) is 0 Å². The molecule has 1 saturated heterocycles. The molecule has 0 aliphatic carbocycles. The van der Waals surface area contributed by atoms with E-state index in [-0.39, 0.29) is 12.0 Å². The van der Waals surface area contributed by atoms with Gasteiger partial charge in [-0.05, 0) is 41.3 Å². The number of aliphatic hydroxyl groups excluding tert-OH is 1. The fraction of sp³-hybridized carbons (Fsp3) is 0.273. The molecule has 0 bridgehead atoms. The van der Waals surface area contributed by atoms with E-state index in [0.717, 1.165) is 37.3 Å². The third-order valence-corrected chi connectivity index (χ3v) is 5.03. The van der Waals surface area contributed by atoms with Crippen LogP contribution in [0.2, 0.25) is 0 Å². The van der Waals surface area contributed by atoms with Gasteiger partial charge in [0, 0.05) is 49.8 Å². The molecular formula is C22H23N3O. The van der Waals surface area contributed by atoms with Crippen LogP contribution in [0.25, 0.3) is 11.1 Å². The molecule has 2 aromatic heterocycles. The maximum absolute atomic E-state index is 10.4. The van der Waals surface area contributed by atoms with Gasteiger partial charge in [-0.15, -0.1) is 0 Å². The average molecular weight is 345 g/mol. The van der Waals surface area contributed by atoms with Crippen molar-refractivity contribution in [3.63, 3.8) is 0 Å². The van der Waals surface area contributed by atoms with Gasteiger partial charge >= 0.3 is 0 Å². The van der Waals surface area contributed by atoms with Crippen LogP contribution < -0.4 is 0 Å². The molecule has 4 heteroatoms. The first-order valence-corrected chi connectivity index (χ1v) is 9.07. The van der Waals surface area contributed by atoms with Crippen LogP contribution in [0.3, 0.4) is 0 Å². The van der Waals surface area contributed by atoms with E-state index in [0.29, 0.717) is 0 Å². The Balaban J connectivity index is 1.37. The van der Waals surface area contributed by atoms with Gasteiger partial charge in [-0.3, -0.25) is 14.9 Å². The zero-order valence-corrected chi connectivity index (χ0v) is 14.7. The number of pyridine rings is 2. The predicted molar refractivity (Wildman–Crippen MR) is 102 cm³/mol. The summed E-state index contributed by atoms with van der Waals surface area (Å²) in [5.74, 6) is 0.250. The lowest BCUT2D eigenvalue weighted by Gasteiger charge is -2.16. The van der Waals surface area contributed by atoms with Gasteiger partial charge in [0.1, 0.15) is 0 Å². The molecule has 4 nitrogen and oxygen atoms in total. The van der Waals surface area contributed by atoms with Gasteiger partial charge in [0.15, 0.2) is 0 Å². The third-order valence-electron chi connectivity index (χ3n) is 5.03. The molecule has 0 unspecified atom stereocenters. The summed E-state index contributed by atoms with van der Waals surface area (Å²) in [6, 6.07) is 18.6. The first kappa shape index (κ1) is 16.9. The van der Waals surface area contributed by atoms with Gasteiger partial charge in [-0.1, -0.05) is 36.4 Å². The molecule has 1 aliphatic heterocycles. The molecule has 1 aliphatic rings. The number of nitrogens with zero attached hydrogens (tertiary/aromatic N) is 3. The summed E-state index contributed by atoms with van der Waals surface area (Å²) in [5, 5.41) is 10.4. The van der Waals surface area contributed by atoms with Gasteiger partial charge in [-0.2, -0.15) is 0 Å². The van der Waals surface area contributed by atoms with Gasteiger partial charge < -0.3 is 5.11 Å². The number of likely N-dealkylation sites (tertiary alicyclic amines) is 1. The lowest BCUT2D eigenvalue weighted by Crippen LogP contribution is -2.21. The summed E-state index contributed by atoms with van der Waals surface area (Å²) >= 11 is 0. The molecule has 0 radical (unpaired) electrons. The van der Waals surface area contributed by atoms with Gasteiger partial charge in [0.05, 0.1) is 6.10 Å². The second-order valence-electron chi connectivity index (χ2n) is 6.99. The molecule has 3 aromatic rings. The number of β-amino-alcohol motifs (C(OH)–C–C–N with tert-alkyl or cyclic N) is 1. The highest BCUT2D eigenvalue weighted by molar-refractivity contribution is 5.62. The first-order valence-electron chi connectivity index (χ1n) is 9.07. The molecule has 1 N–H and O–H groups in total. The number of hydrogen-bond acceptors (Lipinski definition) is 4. The summed E-state index contributed by atoms with van der Waals surface area (Å²) in [6.45, 7) is 2.49. The number of aliphatic hydroxyl groups is 1. The maximum Gasteiger partial charge on any atom is 0.0711 e. The van der Waals surface area contributed by atoms with E-state index >= 15 is 0 Å². The summed E-state index contributed by atoms with van der Waals surface area (Å²) in [5.41, 5.74) is 4.63. The summed E-state index contributed by atoms with van der Waals surface area (Å²) in [4.78, 5) is 10.9. The minimum atomic E-state index is -0.285. The highest BCUT2D eigenvalue weighted by Crippen LogP contribution is 2.24. The average Bonchev–Trinajstić information content (AvgIpc) is 3.03. The van der Waals surface area contributed by atoms with E-state index in [4.69, 9.17) is 0 Å². The van der Waals surface area contributed by atoms with Crippen molar-refractivity contribution in [2.24, 2.45) is 5.92 Å². The van der Waals surface area contributed by atoms with Crippen LogP contribution in [0.15, 0.2) is 73.2 Å². The predicted octanol–water partition coefficient (Wildman–Crippen LogP) is 3.18. The van der Waals surface area contributed by atoms with Gasteiger partial charge in [0.2, 0.25) is 0 Å². The monoisotopic (exact) mass is 345 g/mol. The van der Waals surface area contributed by atoms with Crippen LogP contribution in [-0.2, 0) is 13.0 Å². The molecule has 3 heterocycles. The number of aromatic nitrogens is 2. The highest BCUT2D eigenvalue weighted by Gasteiger charge is 2.31. The van der Waals surface area contributed by atoms with Crippen molar-refractivity contribution in [2.75, 3.05) is 13.1 Å². The van der Waals surface area contributed by atoms with E-state index in [9.17, 15) is 5.11 Å². The Morgan fingerprint density at radius 1 is 0.923 bits per heavy atom. The van der Waals surface area contributed by atoms with Crippen molar-refractivity contribution in [3.05, 3.63) is 84.4 Å². The van der Waals surface area contributed by atoms with Crippen LogP contribution in [0, 0.1) is 5.92 Å². The Morgan fingerprint density at radius 2 is 1.81 bits per heavy atom. The zero-order valence-electron chi connectivity index (χ0n) is 14.7. The number of rotatable bonds is 5. The minimum absolute atomic E-state index is 0.250. The lowest BCUT2D eigenvalue weighted by atomic mass is 10.00. The second kappa shape index (κ2) is 7.77. The van der Waals surface area contributed by atoms with E-state index in [2.05, 4.69) is 45.2 Å². The van der Waals surface area contributed by atoms with Crippen molar-refractivity contribution in [3.8, 4) is 11.1 Å². The van der Waals surface area contributed by atoms with E-state index < -0.39 is 0 Å². The summed E-state index contributed by atoms with van der Waals surface area (Å²) in [7, 11) is 0. The smallest absolute Gasteiger partial charge is 0.0711 e. The molecule has 0 amide bonds. The minimum Gasteiger partial charge on any atom is -0.391 e. The lowest BCUT2D eigenvalue weighted by molar-refractivity contribution is 0.140. The molecule has 1 aromatic carbocycles. The van der Waals surface area contributed by atoms with Crippen molar-refractivity contribution in [2.45, 2.75) is 19.1 Å². The summed E-state index contributed by atoms with van der Waals surface area (Å²) < 4.78 is 0. The Labute approximate surface area is 154 Å². The Kier molecular flexibility index (Phi) is 5.04. The van der Waals surface area contributed by atoms with Crippen LogP contribution in [0.1, 0.15) is 11.3 Å². The van der Waals surface area contributed by atoms with Crippen molar-refractivity contribution in [1.29, 1.82) is 0 Å². The van der Waals surface area contributed by atoms with E-state index in [1.165, 1.54) is 11.1 Å². The van der Waals surface area contributed by atoms with E-state index in [1.807, 2.05) is 36.7 Å². The normalized spacial score (nSPS) is 20.3. The quantitative estimate of drug-likeness (QED) is 0.772. The molecule has 132 valence electrons. The zero-order chi connectivity index (χ0) is 17.8. The molecule has 4 rings (SSSR count). The summed E-state index contributed by atoms with van der Waals surface area (Å²) in [6.07, 6.45) is 6.04. The Morgan fingerprint density at radius 3 is 2.54 bits per heavy atom. The molecular weight excluding hydrogens is 322 g/mol. The Hall–Kier alpha value is -2.56. The fourth-order valence-corrected chi connectivity index (χ4v) is 3.65. The second-order valence-corrected chi connectivity index (χ2v) is 6.99. The largest absolute Gasteiger partial charge is 0.391 e. The standard InChI is InChI=1S/C22H23N3O/c26-22-16-25(15-20(22)12-21-5-1-2-11-24-21)14-17-6-8-18(9-7-17)19-4-3-10-23-13-19/h1-11,13,20,22,26H,12,14-16H2/t20-,22-/m1/s1. The molecule has 1 fully saturated rings. The topological polar surface area (TPSA) is 49.2 Å². The first-order chi connectivity index (χ1) is 12.8. The molecule has 26 heavy (non-hydrogen) atoms. The maximum atomic E-state index is 10.4. The number of hydrogen-bond donors (Lipinski definition) is 1. The van der Waals surface area contributed by atoms with Gasteiger partial charge in [0.25, 0.3) is 0 Å². The van der Waals surface area contributed by atoms with Crippen molar-refractivity contribution in [1.82, 2.24) is 14.9 Å². The van der Waals surface area contributed by atoms with Crippen molar-refractivity contribution < 1.29 is 5.11 Å². The fourth-order valence-electron chi connectivity index (χ4n) is 3.65. The highest BCUT2D eigenvalue weighted by atomic mass is 16.3. The number of benzene rings is 1. The van der Waals surface area contributed by atoms with Crippen LogP contribution >= 0.6 is 0 Å². The third kappa shape index (κ3) is 3.98. The van der Waals surface area contributed by atoms with Crippen LogP contribution in [-0.4, -0.2) is 39.2 Å². The molecule has 0 spiro atoms. The van der Waals surface area contributed by atoms with Crippen LogP contribution in [0.4, 0.5) is 0 Å². The molecule has 0 saturated carbocycles. The van der Waals surface area contributed by atoms with Gasteiger partial charge in [-0.25, -0.2) is 0 Å².